The Morgan fingerprint density at radius 2 is 0.825 bits per heavy atom. The van der Waals surface area contributed by atoms with E-state index in [2.05, 4.69) is 224 Å². The molecule has 0 saturated heterocycles. The number of hydrogen-bond donors (Lipinski definition) is 0. The zero-order chi connectivity index (χ0) is 44.5. The number of hydrogen-bond acceptors (Lipinski definition) is 0. The van der Waals surface area contributed by atoms with Crippen molar-refractivity contribution >= 4 is 40.2 Å². The largest absolute Gasteiger partial charge is 0.0726 e. The molecule has 2 aliphatic carbocycles. The smallest absolute Gasteiger partial charge is 0.0645 e. The minimum Gasteiger partial charge on any atom is -0.0645 e. The molecule has 6 aromatic rings. The lowest BCUT2D eigenvalue weighted by atomic mass is 9.67. The quantitative estimate of drug-likeness (QED) is 0.0848. The molecule has 2 aliphatic rings. The van der Waals surface area contributed by atoms with Gasteiger partial charge in [-0.1, -0.05) is 224 Å². The molecule has 0 radical (unpaired) electrons. The van der Waals surface area contributed by atoms with Crippen LogP contribution < -0.4 is 0 Å². The van der Waals surface area contributed by atoms with Crippen molar-refractivity contribution < 1.29 is 0 Å². The van der Waals surface area contributed by atoms with Gasteiger partial charge in [0.2, 0.25) is 0 Å². The maximum atomic E-state index is 3.63. The molecule has 1 heteroatoms. The van der Waals surface area contributed by atoms with Crippen molar-refractivity contribution in [2.24, 2.45) is 11.8 Å². The Morgan fingerprint density at radius 3 is 1.22 bits per heavy atom. The molecule has 2 unspecified atom stereocenters. The topological polar surface area (TPSA) is 0 Å². The summed E-state index contributed by atoms with van der Waals surface area (Å²) in [6, 6.07) is 47.4. The first-order chi connectivity index (χ1) is 30.3. The minimum atomic E-state index is -0.476. The maximum absolute atomic E-state index is 3.63. The van der Waals surface area contributed by atoms with Crippen LogP contribution in [-0.2, 0) is 16.2 Å². The highest BCUT2D eigenvalue weighted by Crippen LogP contribution is 2.64. The molecule has 0 aromatic heterocycles. The van der Waals surface area contributed by atoms with Crippen molar-refractivity contribution in [1.29, 1.82) is 0 Å². The van der Waals surface area contributed by atoms with Crippen molar-refractivity contribution in [3.63, 3.8) is 0 Å². The van der Waals surface area contributed by atoms with E-state index in [0.717, 1.165) is 17.3 Å². The molecular weight excluding hydrogens is 825 g/mol. The number of fused-ring (bicyclic) bond motifs is 10. The van der Waals surface area contributed by atoms with Crippen LogP contribution in [0.15, 0.2) is 126 Å². The van der Waals surface area contributed by atoms with Gasteiger partial charge in [-0.2, -0.15) is 0 Å². The van der Waals surface area contributed by atoms with Crippen molar-refractivity contribution in [2.45, 2.75) is 130 Å². The number of benzene rings is 6. The fraction of sp³-hybridized carbons (Fsp3) is 0.355. The van der Waals surface area contributed by atoms with Crippen LogP contribution in [0.5, 0.6) is 0 Å². The van der Waals surface area contributed by atoms with Gasteiger partial charge in [-0.3, -0.25) is 0 Å². The Labute approximate surface area is 389 Å². The molecule has 0 fully saturated rings. The summed E-state index contributed by atoms with van der Waals surface area (Å²) in [7, 11) is 0. The van der Waals surface area contributed by atoms with E-state index in [1.54, 1.807) is 0 Å². The molecule has 0 saturated carbocycles. The highest BCUT2D eigenvalue weighted by atomic mass is 79.9. The first-order valence-corrected chi connectivity index (χ1v) is 24.9. The summed E-state index contributed by atoms with van der Waals surface area (Å²) in [4.78, 5) is 0. The number of halogens is 1. The summed E-state index contributed by atoms with van der Waals surface area (Å²) in [5, 5.41) is 0. The molecule has 0 amide bonds. The van der Waals surface area contributed by atoms with Gasteiger partial charge < -0.3 is 0 Å². The third-order valence-electron chi connectivity index (χ3n) is 15.2. The average molecular weight is 894 g/mol. The van der Waals surface area contributed by atoms with E-state index >= 15 is 0 Å². The molecule has 0 heterocycles. The fourth-order valence-corrected chi connectivity index (χ4v) is 11.0. The van der Waals surface area contributed by atoms with Crippen molar-refractivity contribution in [3.8, 4) is 22.3 Å². The number of aryl methyl sites for hydroxylation is 1. The second kappa shape index (κ2) is 18.4. The van der Waals surface area contributed by atoms with Crippen molar-refractivity contribution in [2.75, 3.05) is 0 Å². The van der Waals surface area contributed by atoms with Gasteiger partial charge in [-0.15, -0.1) is 0 Å². The molecule has 63 heavy (non-hydrogen) atoms. The minimum absolute atomic E-state index is 0.0837. The third-order valence-corrected chi connectivity index (χ3v) is 15.7. The van der Waals surface area contributed by atoms with Gasteiger partial charge in [0.25, 0.3) is 0 Å². The molecule has 324 valence electrons. The summed E-state index contributed by atoms with van der Waals surface area (Å²) in [5.41, 5.74) is 20.0. The van der Waals surface area contributed by atoms with Crippen LogP contribution in [0, 0.1) is 18.8 Å². The third kappa shape index (κ3) is 8.77. The standard InChI is InChI=1S/C62H69Br/c1-10-60(8,36-12-14-42(3)4)49-28-34-54-55-35-29-50(61(9,11-2)37-13-15-43(5)6)41-59(55)62(58(54)40-49)56-38-47(22-20-45-18-16-44(7)17-19-45)26-32-52(56)53-33-27-48(39-57(53)62)23-21-46-24-30-51(63)31-25-46/h16-35,38-43H,10-15,36-37H2,1-9H3. The average Bonchev–Trinajstić information content (AvgIpc) is 3.74. The Balaban J connectivity index is 1.39. The van der Waals surface area contributed by atoms with Crippen LogP contribution in [0.1, 0.15) is 168 Å². The molecule has 2 atom stereocenters. The molecule has 0 N–H and O–H groups in total. The van der Waals surface area contributed by atoms with Gasteiger partial charge in [0.1, 0.15) is 0 Å². The van der Waals surface area contributed by atoms with Crippen molar-refractivity contribution in [1.82, 2.24) is 0 Å². The predicted molar refractivity (Wildman–Crippen MR) is 279 cm³/mol. The molecule has 8 rings (SSSR count). The van der Waals surface area contributed by atoms with E-state index in [9.17, 15) is 0 Å². The van der Waals surface area contributed by atoms with Gasteiger partial charge in [-0.25, -0.2) is 0 Å². The van der Waals surface area contributed by atoms with Crippen LogP contribution in [0.25, 0.3) is 46.6 Å². The molecule has 6 aromatic carbocycles. The second-order valence-electron chi connectivity index (χ2n) is 20.4. The van der Waals surface area contributed by atoms with E-state index < -0.39 is 5.41 Å². The van der Waals surface area contributed by atoms with Crippen LogP contribution in [0.3, 0.4) is 0 Å². The monoisotopic (exact) mass is 892 g/mol. The van der Waals surface area contributed by atoms with Crippen LogP contribution >= 0.6 is 15.9 Å². The number of rotatable bonds is 16. The van der Waals surface area contributed by atoms with E-state index in [0.29, 0.717) is 11.8 Å². The molecular formula is C62H69Br. The van der Waals surface area contributed by atoms with Gasteiger partial charge in [-0.05, 0) is 157 Å². The highest BCUT2D eigenvalue weighted by Gasteiger charge is 2.52. The molecule has 0 aliphatic heterocycles. The van der Waals surface area contributed by atoms with E-state index in [1.807, 2.05) is 0 Å². The first-order valence-electron chi connectivity index (χ1n) is 24.1. The molecule has 1 spiro atoms. The lowest BCUT2D eigenvalue weighted by molar-refractivity contribution is 0.382. The van der Waals surface area contributed by atoms with Crippen LogP contribution in [-0.4, -0.2) is 0 Å². The molecule has 0 nitrogen and oxygen atoms in total. The summed E-state index contributed by atoms with van der Waals surface area (Å²) in [6.45, 7) is 21.5. The van der Waals surface area contributed by atoms with E-state index in [1.165, 1.54) is 122 Å². The summed E-state index contributed by atoms with van der Waals surface area (Å²) < 4.78 is 1.10. The SMILES string of the molecule is CCC(C)(CCCC(C)C)c1ccc2c(c1)C1(c3cc(C=Cc4ccc(C)cc4)ccc3-c3ccc(C=Cc4ccc(Br)cc4)cc31)c1cc(C(C)(CC)CCCC(C)C)ccc1-2. The zero-order valence-corrected chi connectivity index (χ0v) is 41.1. The Hall–Kier alpha value is -4.72. The van der Waals surface area contributed by atoms with Gasteiger partial charge >= 0.3 is 0 Å². The van der Waals surface area contributed by atoms with Crippen LogP contribution in [0.4, 0.5) is 0 Å². The summed E-state index contributed by atoms with van der Waals surface area (Å²) in [5.74, 6) is 1.43. The highest BCUT2D eigenvalue weighted by molar-refractivity contribution is 9.10. The van der Waals surface area contributed by atoms with E-state index in [-0.39, 0.29) is 10.8 Å². The summed E-state index contributed by atoms with van der Waals surface area (Å²) >= 11 is 3.63. The second-order valence-corrected chi connectivity index (χ2v) is 21.3. The Kier molecular flexibility index (Phi) is 13.1. The van der Waals surface area contributed by atoms with Crippen molar-refractivity contribution in [3.05, 3.63) is 187 Å². The summed E-state index contributed by atoms with van der Waals surface area (Å²) in [6.07, 6.45) is 18.8. The van der Waals surface area contributed by atoms with Gasteiger partial charge in [0.05, 0.1) is 5.41 Å². The normalized spacial score (nSPS) is 17.1. The molecule has 0 bridgehead atoms. The lowest BCUT2D eigenvalue weighted by Crippen LogP contribution is -2.29. The Morgan fingerprint density at radius 1 is 0.476 bits per heavy atom. The zero-order valence-electron chi connectivity index (χ0n) is 39.5. The van der Waals surface area contributed by atoms with E-state index in [4.69, 9.17) is 0 Å². The Bertz CT molecular complexity index is 2450. The van der Waals surface area contributed by atoms with Gasteiger partial charge in [0, 0.05) is 4.47 Å². The maximum Gasteiger partial charge on any atom is 0.0726 e. The first kappa shape index (κ1) is 44.9. The lowest BCUT2D eigenvalue weighted by Gasteiger charge is -2.35. The fourth-order valence-electron chi connectivity index (χ4n) is 10.7. The van der Waals surface area contributed by atoms with Gasteiger partial charge in [0.15, 0.2) is 0 Å². The predicted octanol–water partition coefficient (Wildman–Crippen LogP) is 18.4. The van der Waals surface area contributed by atoms with Crippen LogP contribution in [0.2, 0.25) is 0 Å².